The van der Waals surface area contributed by atoms with Gasteiger partial charge in [-0.25, -0.2) is 0 Å². The highest BCUT2D eigenvalue weighted by molar-refractivity contribution is 6.24. The molecule has 6 rings (SSSR count). The lowest BCUT2D eigenvalue weighted by atomic mass is 9.85. The van der Waals surface area contributed by atoms with Gasteiger partial charge in [0, 0.05) is 74.3 Å². The van der Waals surface area contributed by atoms with Gasteiger partial charge >= 0.3 is 11.9 Å². The summed E-state index contributed by atoms with van der Waals surface area (Å²) in [5, 5.41) is 5.05. The molecule has 4 N–H and O–H groups in total. The number of rotatable bonds is 12. The van der Waals surface area contributed by atoms with E-state index in [9.17, 15) is 19.2 Å². The van der Waals surface area contributed by atoms with Crippen LogP contribution in [0.1, 0.15) is 126 Å². The van der Waals surface area contributed by atoms with Crippen molar-refractivity contribution in [3.63, 3.8) is 0 Å². The first-order valence-electron chi connectivity index (χ1n) is 18.4. The lowest BCUT2D eigenvalue weighted by molar-refractivity contribution is -0.144. The number of carbonyl (C=O) groups excluding carboxylic acids is 4. The summed E-state index contributed by atoms with van der Waals surface area (Å²) in [7, 11) is 1.29. The summed E-state index contributed by atoms with van der Waals surface area (Å²) in [5.41, 5.74) is 9.44. The van der Waals surface area contributed by atoms with Crippen molar-refractivity contribution in [1.29, 1.82) is 0 Å². The van der Waals surface area contributed by atoms with Crippen molar-refractivity contribution in [3.8, 4) is 0 Å². The van der Waals surface area contributed by atoms with Crippen molar-refractivity contribution in [3.05, 3.63) is 84.8 Å². The third kappa shape index (κ3) is 6.33. The zero-order valence-electron chi connectivity index (χ0n) is 31.3. The van der Waals surface area contributed by atoms with Crippen LogP contribution in [0.3, 0.4) is 0 Å². The number of ether oxygens (including phenoxy) is 2. The number of nitrogens with one attached hydrogen (secondary N) is 4. The van der Waals surface area contributed by atoms with E-state index in [-0.39, 0.29) is 30.0 Å². The zero-order chi connectivity index (χ0) is 37.4. The molecule has 5 heterocycles. The molecule has 0 amide bonds. The molecule has 0 aromatic carbocycles. The van der Waals surface area contributed by atoms with Crippen molar-refractivity contribution in [2.24, 2.45) is 23.7 Å². The van der Waals surface area contributed by atoms with E-state index in [1.165, 1.54) is 7.11 Å². The molecule has 0 spiro atoms. The van der Waals surface area contributed by atoms with E-state index in [1.54, 1.807) is 6.08 Å². The Morgan fingerprint density at radius 2 is 1.71 bits per heavy atom. The molecule has 4 atom stereocenters. The van der Waals surface area contributed by atoms with Crippen LogP contribution in [0.4, 0.5) is 0 Å². The van der Waals surface area contributed by atoms with Gasteiger partial charge in [0.2, 0.25) is 0 Å². The largest absolute Gasteiger partial charge is 0.468 e. The van der Waals surface area contributed by atoms with Gasteiger partial charge in [-0.3, -0.25) is 19.2 Å². The average molecular weight is 707 g/mol. The average Bonchev–Trinajstić information content (AvgIpc) is 3.87. The molecule has 3 aromatic heterocycles. The maximum Gasteiger partial charge on any atom is 0.321 e. The van der Waals surface area contributed by atoms with Gasteiger partial charge in [-0.05, 0) is 73.9 Å². The quantitative estimate of drug-likeness (QED) is 0.102. The smallest absolute Gasteiger partial charge is 0.321 e. The minimum absolute atomic E-state index is 0.114. The molecular formula is C42H50N4O6. The first kappa shape index (κ1) is 36.7. The molecular weight excluding hydrogens is 656 g/mol. The minimum Gasteiger partial charge on any atom is -0.468 e. The van der Waals surface area contributed by atoms with Crippen LogP contribution in [-0.4, -0.2) is 52.7 Å². The molecule has 1 aliphatic carbocycles. The van der Waals surface area contributed by atoms with E-state index in [0.717, 1.165) is 64.7 Å². The summed E-state index contributed by atoms with van der Waals surface area (Å²) < 4.78 is 10.9. The number of aldehydes is 1. The number of allylic oxidation sites excluding steroid dienone is 2. The standard InChI is InChI=1S/C42H50N4O6/c1-9-12-21(4)15-16-52-35(48)14-13-27-23(6)30-17-29-22(5)25(10-2)32(43-29)19-34-28(20-47)26(11-3)33(44-34)18-31-24(7)36-40(46-31)37(39(27)45-30)38(41(36)49)42(50)51-8/h10,17-21,23,27,38,43-46H,2,9,11-16H2,1,3-8H3/b30-17-,33-18-,34-19-,39-37-/t21-,23-,27-,38+/m0/s1. The first-order chi connectivity index (χ1) is 25.0. The second-order valence-electron chi connectivity index (χ2n) is 14.4. The molecule has 10 heteroatoms. The Labute approximate surface area is 304 Å². The van der Waals surface area contributed by atoms with Crippen molar-refractivity contribution in [1.82, 2.24) is 20.3 Å². The molecule has 0 radical (unpaired) electrons. The highest BCUT2D eigenvalue weighted by Gasteiger charge is 2.48. The number of carbonyl (C=O) groups is 4. The van der Waals surface area contributed by atoms with Crippen LogP contribution in [-0.2, 0) is 25.5 Å². The fourth-order valence-corrected chi connectivity index (χ4v) is 8.30. The number of esters is 2. The summed E-state index contributed by atoms with van der Waals surface area (Å²) in [6.45, 7) is 16.8. The zero-order valence-corrected chi connectivity index (χ0v) is 31.3. The fourth-order valence-electron chi connectivity index (χ4n) is 8.30. The van der Waals surface area contributed by atoms with E-state index in [0.29, 0.717) is 70.1 Å². The lowest BCUT2D eigenvalue weighted by Crippen LogP contribution is -2.25. The Hall–Kier alpha value is -5.12. The van der Waals surface area contributed by atoms with Gasteiger partial charge in [0.05, 0.1) is 24.8 Å². The van der Waals surface area contributed by atoms with Gasteiger partial charge in [-0.1, -0.05) is 53.2 Å². The Morgan fingerprint density at radius 1 is 0.981 bits per heavy atom. The van der Waals surface area contributed by atoms with E-state index in [4.69, 9.17) is 9.47 Å². The number of aromatic amines is 3. The Kier molecular flexibility index (Phi) is 10.5. The molecule has 274 valence electrons. The molecule has 3 aliphatic rings. The van der Waals surface area contributed by atoms with Crippen molar-refractivity contribution >= 4 is 53.9 Å². The second kappa shape index (κ2) is 14.9. The molecule has 1 fully saturated rings. The van der Waals surface area contributed by atoms with Gasteiger partial charge in [0.25, 0.3) is 0 Å². The number of fused-ring (bicyclic) bond motifs is 7. The van der Waals surface area contributed by atoms with Crippen molar-refractivity contribution in [2.75, 3.05) is 13.7 Å². The van der Waals surface area contributed by atoms with Crippen LogP contribution < -0.4 is 16.0 Å². The summed E-state index contributed by atoms with van der Waals surface area (Å²) in [5.74, 6) is -2.29. The van der Waals surface area contributed by atoms with E-state index in [2.05, 4.69) is 47.6 Å². The van der Waals surface area contributed by atoms with Crippen molar-refractivity contribution in [2.45, 2.75) is 80.1 Å². The van der Waals surface area contributed by atoms with E-state index < -0.39 is 11.9 Å². The highest BCUT2D eigenvalue weighted by Crippen LogP contribution is 2.48. The van der Waals surface area contributed by atoms with Crippen LogP contribution >= 0.6 is 0 Å². The number of aromatic nitrogens is 3. The van der Waals surface area contributed by atoms with Gasteiger partial charge in [-0.15, -0.1) is 0 Å². The molecule has 3 aromatic rings. The number of hydrogen-bond donors (Lipinski definition) is 4. The summed E-state index contributed by atoms with van der Waals surface area (Å²) >= 11 is 0. The number of Topliss-reactive ketones (excluding diaryl/α,β-unsaturated/α-hetero) is 1. The maximum atomic E-state index is 14.3. The van der Waals surface area contributed by atoms with Crippen molar-refractivity contribution < 1.29 is 28.7 Å². The third-order valence-electron chi connectivity index (χ3n) is 11.3. The first-order valence-corrected chi connectivity index (χ1v) is 18.4. The van der Waals surface area contributed by atoms with Gasteiger partial charge in [-0.2, -0.15) is 0 Å². The predicted molar refractivity (Wildman–Crippen MR) is 202 cm³/mol. The van der Waals surface area contributed by atoms with Gasteiger partial charge in [0.15, 0.2) is 12.1 Å². The normalized spacial score (nSPS) is 23.1. The SMILES string of the molecule is C=Cc1c2[nH]c(c1C)/C=C1\N/C(=C3\c4[nH]c(c(C)c4C(=O)[C@@H]3C(=O)OC)/C=c3\[nH]/c(c(C=O)c3CC)=C\2)[C@@H](CCC(=O)OCC[C@@H](C)CCC)[C@@H]1C. The number of methoxy groups -OCH3 is 1. The Morgan fingerprint density at radius 3 is 2.38 bits per heavy atom. The molecule has 0 saturated carbocycles. The number of hydrogen-bond acceptors (Lipinski definition) is 7. The van der Waals surface area contributed by atoms with E-state index >= 15 is 0 Å². The van der Waals surface area contributed by atoms with Crippen LogP contribution in [0.5, 0.6) is 0 Å². The van der Waals surface area contributed by atoms with Crippen LogP contribution in [0, 0.1) is 37.5 Å². The molecule has 0 unspecified atom stereocenters. The minimum atomic E-state index is -1.17. The van der Waals surface area contributed by atoms with Crippen LogP contribution in [0.15, 0.2) is 18.0 Å². The predicted octanol–water partition coefficient (Wildman–Crippen LogP) is 6.02. The third-order valence-corrected chi connectivity index (χ3v) is 11.3. The fraction of sp³-hybridized carbons (Fsp3) is 0.429. The number of ketones is 1. The molecule has 8 bridgehead atoms. The maximum absolute atomic E-state index is 14.3. The number of H-pyrrole nitrogens is 3. The second-order valence-corrected chi connectivity index (χ2v) is 14.4. The van der Waals surface area contributed by atoms with Gasteiger partial charge < -0.3 is 29.7 Å². The monoisotopic (exact) mass is 706 g/mol. The van der Waals surface area contributed by atoms with Crippen LogP contribution in [0.2, 0.25) is 0 Å². The topological polar surface area (TPSA) is 146 Å². The van der Waals surface area contributed by atoms with E-state index in [1.807, 2.05) is 39.0 Å². The highest BCUT2D eigenvalue weighted by atomic mass is 16.5. The Bertz CT molecular complexity index is 2150. The molecule has 10 nitrogen and oxygen atoms in total. The summed E-state index contributed by atoms with van der Waals surface area (Å²) in [6.07, 6.45) is 12.8. The van der Waals surface area contributed by atoms with Gasteiger partial charge in [0.1, 0.15) is 5.92 Å². The molecule has 2 aliphatic heterocycles. The molecule has 52 heavy (non-hydrogen) atoms. The Balaban J connectivity index is 1.56. The summed E-state index contributed by atoms with van der Waals surface area (Å²) in [6, 6.07) is 0. The van der Waals surface area contributed by atoms with Crippen LogP contribution in [0.25, 0.3) is 29.9 Å². The summed E-state index contributed by atoms with van der Waals surface area (Å²) in [4.78, 5) is 63.8. The molecule has 1 saturated heterocycles. The lowest BCUT2D eigenvalue weighted by Gasteiger charge is -2.20.